The van der Waals surface area contributed by atoms with Crippen molar-refractivity contribution in [1.82, 2.24) is 15.5 Å². The maximum absolute atomic E-state index is 5.68. The van der Waals surface area contributed by atoms with Gasteiger partial charge in [-0.2, -0.15) is 0 Å². The van der Waals surface area contributed by atoms with Crippen molar-refractivity contribution in [2.75, 3.05) is 5.32 Å². The Hall–Kier alpha value is -1.10. The summed E-state index contributed by atoms with van der Waals surface area (Å²) < 4.78 is 5.68. The summed E-state index contributed by atoms with van der Waals surface area (Å²) in [5.41, 5.74) is 0.0543. The lowest BCUT2D eigenvalue weighted by Gasteiger charge is -2.30. The fourth-order valence-corrected chi connectivity index (χ4v) is 2.77. The van der Waals surface area contributed by atoms with Crippen LogP contribution in [0.25, 0.3) is 0 Å². The topological polar surface area (TPSA) is 63.0 Å². The molecule has 5 nitrogen and oxygen atoms in total. The molecule has 0 saturated heterocycles. The first-order valence-corrected chi connectivity index (χ1v) is 7.82. The molecule has 114 valence electrons. The van der Waals surface area contributed by atoms with Gasteiger partial charge in [-0.3, -0.25) is 0 Å². The Morgan fingerprint density at radius 2 is 1.95 bits per heavy atom. The van der Waals surface area contributed by atoms with Crippen molar-refractivity contribution in [1.29, 1.82) is 0 Å². The lowest BCUT2D eigenvalue weighted by atomic mass is 9.83. The zero-order valence-electron chi connectivity index (χ0n) is 13.2. The van der Waals surface area contributed by atoms with E-state index in [1.165, 1.54) is 32.1 Å². The second-order valence-corrected chi connectivity index (χ2v) is 6.81. The van der Waals surface area contributed by atoms with E-state index in [0.717, 1.165) is 5.92 Å². The Labute approximate surface area is 121 Å². The van der Waals surface area contributed by atoms with Gasteiger partial charge in [0.05, 0.1) is 6.54 Å². The predicted molar refractivity (Wildman–Crippen MR) is 80.6 cm³/mol. The summed E-state index contributed by atoms with van der Waals surface area (Å²) in [6.07, 6.45) is 6.36. The number of aromatic nitrogens is 2. The standard InChI is InChI=1S/C15H28N4O/c1-5-11-8-6-7-9-12(11)17-14-19-18-13(20-14)10-16-15(2,3)4/h11-12,16H,5-10H2,1-4H3,(H,17,19). The molecule has 0 bridgehead atoms. The van der Waals surface area contributed by atoms with Crippen LogP contribution in [0, 0.1) is 5.92 Å². The van der Waals surface area contributed by atoms with Gasteiger partial charge in [0.15, 0.2) is 0 Å². The van der Waals surface area contributed by atoms with Gasteiger partial charge in [-0.05, 0) is 39.5 Å². The van der Waals surface area contributed by atoms with Gasteiger partial charge in [0, 0.05) is 11.6 Å². The molecular weight excluding hydrogens is 252 g/mol. The molecule has 2 rings (SSSR count). The average molecular weight is 280 g/mol. The third-order valence-corrected chi connectivity index (χ3v) is 3.98. The molecule has 0 amide bonds. The molecule has 1 aromatic rings. The average Bonchev–Trinajstić information content (AvgIpc) is 2.84. The number of hydrogen-bond donors (Lipinski definition) is 2. The van der Waals surface area contributed by atoms with E-state index in [4.69, 9.17) is 4.42 Å². The number of rotatable bonds is 5. The van der Waals surface area contributed by atoms with Crippen LogP contribution in [0.15, 0.2) is 4.42 Å². The first-order valence-electron chi connectivity index (χ1n) is 7.82. The molecule has 0 aromatic carbocycles. The molecule has 2 atom stereocenters. The number of nitrogens with one attached hydrogen (secondary N) is 2. The molecule has 0 aliphatic heterocycles. The highest BCUT2D eigenvalue weighted by molar-refractivity contribution is 5.20. The molecule has 2 N–H and O–H groups in total. The summed E-state index contributed by atoms with van der Waals surface area (Å²) in [5.74, 6) is 1.37. The summed E-state index contributed by atoms with van der Waals surface area (Å²) in [6, 6.07) is 1.05. The lowest BCUT2D eigenvalue weighted by molar-refractivity contribution is 0.310. The molecule has 1 aliphatic rings. The second kappa shape index (κ2) is 6.57. The van der Waals surface area contributed by atoms with Gasteiger partial charge in [0.25, 0.3) is 0 Å². The molecular formula is C15H28N4O. The van der Waals surface area contributed by atoms with Crippen LogP contribution in [0.3, 0.4) is 0 Å². The predicted octanol–water partition coefficient (Wildman–Crippen LogP) is 3.34. The van der Waals surface area contributed by atoms with Crippen LogP contribution in [0.4, 0.5) is 6.01 Å². The van der Waals surface area contributed by atoms with Gasteiger partial charge in [-0.25, -0.2) is 0 Å². The summed E-state index contributed by atoms with van der Waals surface area (Å²) in [5, 5.41) is 15.0. The van der Waals surface area contributed by atoms with Crippen molar-refractivity contribution >= 4 is 6.01 Å². The van der Waals surface area contributed by atoms with Gasteiger partial charge in [-0.15, -0.1) is 5.10 Å². The molecule has 2 unspecified atom stereocenters. The van der Waals surface area contributed by atoms with E-state index < -0.39 is 0 Å². The Kier molecular flexibility index (Phi) is 5.02. The lowest BCUT2D eigenvalue weighted by Crippen LogP contribution is -2.35. The highest BCUT2D eigenvalue weighted by Gasteiger charge is 2.25. The van der Waals surface area contributed by atoms with Crippen LogP contribution in [-0.4, -0.2) is 21.8 Å². The zero-order chi connectivity index (χ0) is 14.6. The second-order valence-electron chi connectivity index (χ2n) is 6.81. The number of hydrogen-bond acceptors (Lipinski definition) is 5. The summed E-state index contributed by atoms with van der Waals surface area (Å²) in [7, 11) is 0. The third kappa shape index (κ3) is 4.47. The normalized spacial score (nSPS) is 23.8. The van der Waals surface area contributed by atoms with E-state index in [-0.39, 0.29) is 5.54 Å². The van der Waals surface area contributed by atoms with Crippen LogP contribution in [0.1, 0.15) is 65.7 Å². The smallest absolute Gasteiger partial charge is 0.315 e. The van der Waals surface area contributed by atoms with E-state index in [1.807, 2.05) is 0 Å². The molecule has 5 heteroatoms. The molecule has 1 saturated carbocycles. The first kappa shape index (κ1) is 15.3. The van der Waals surface area contributed by atoms with Crippen LogP contribution in [-0.2, 0) is 6.54 Å². The minimum absolute atomic E-state index is 0.0543. The van der Waals surface area contributed by atoms with Crippen molar-refractivity contribution in [3.63, 3.8) is 0 Å². The maximum atomic E-state index is 5.68. The van der Waals surface area contributed by atoms with E-state index in [1.54, 1.807) is 0 Å². The first-order chi connectivity index (χ1) is 9.48. The highest BCUT2D eigenvalue weighted by Crippen LogP contribution is 2.29. The molecule has 0 spiro atoms. The summed E-state index contributed by atoms with van der Waals surface area (Å²) in [4.78, 5) is 0. The minimum Gasteiger partial charge on any atom is -0.407 e. The van der Waals surface area contributed by atoms with Crippen LogP contribution in [0.2, 0.25) is 0 Å². The van der Waals surface area contributed by atoms with Crippen molar-refractivity contribution < 1.29 is 4.42 Å². The fraction of sp³-hybridized carbons (Fsp3) is 0.867. The Morgan fingerprint density at radius 3 is 2.65 bits per heavy atom. The van der Waals surface area contributed by atoms with Crippen molar-refractivity contribution in [3.05, 3.63) is 5.89 Å². The largest absolute Gasteiger partial charge is 0.407 e. The van der Waals surface area contributed by atoms with E-state index in [2.05, 4.69) is 48.5 Å². The molecule has 1 fully saturated rings. The van der Waals surface area contributed by atoms with E-state index in [0.29, 0.717) is 24.5 Å². The quantitative estimate of drug-likeness (QED) is 0.866. The van der Waals surface area contributed by atoms with E-state index in [9.17, 15) is 0 Å². The van der Waals surface area contributed by atoms with Crippen LogP contribution < -0.4 is 10.6 Å². The van der Waals surface area contributed by atoms with Gasteiger partial charge >= 0.3 is 6.01 Å². The highest BCUT2D eigenvalue weighted by atomic mass is 16.4. The van der Waals surface area contributed by atoms with Gasteiger partial charge in [-0.1, -0.05) is 31.3 Å². The van der Waals surface area contributed by atoms with Gasteiger partial charge in [0.2, 0.25) is 5.89 Å². The Morgan fingerprint density at radius 1 is 1.20 bits per heavy atom. The van der Waals surface area contributed by atoms with Crippen molar-refractivity contribution in [2.45, 2.75) is 77.9 Å². The number of anilines is 1. The van der Waals surface area contributed by atoms with Gasteiger partial charge < -0.3 is 15.1 Å². The molecule has 20 heavy (non-hydrogen) atoms. The maximum Gasteiger partial charge on any atom is 0.315 e. The summed E-state index contributed by atoms with van der Waals surface area (Å²) >= 11 is 0. The Balaban J connectivity index is 1.88. The fourth-order valence-electron chi connectivity index (χ4n) is 2.77. The zero-order valence-corrected chi connectivity index (χ0v) is 13.2. The third-order valence-electron chi connectivity index (χ3n) is 3.98. The van der Waals surface area contributed by atoms with Crippen LogP contribution >= 0.6 is 0 Å². The number of nitrogens with zero attached hydrogens (tertiary/aromatic N) is 2. The van der Waals surface area contributed by atoms with Crippen molar-refractivity contribution in [2.24, 2.45) is 5.92 Å². The molecule has 1 aliphatic carbocycles. The van der Waals surface area contributed by atoms with Crippen LogP contribution in [0.5, 0.6) is 0 Å². The molecule has 1 aromatic heterocycles. The molecule has 1 heterocycles. The molecule has 0 radical (unpaired) electrons. The van der Waals surface area contributed by atoms with Gasteiger partial charge in [0.1, 0.15) is 0 Å². The Bertz CT molecular complexity index is 410. The van der Waals surface area contributed by atoms with Crippen molar-refractivity contribution in [3.8, 4) is 0 Å². The SMILES string of the molecule is CCC1CCCCC1Nc1nnc(CNC(C)(C)C)o1. The minimum atomic E-state index is 0.0543. The van der Waals surface area contributed by atoms with E-state index >= 15 is 0 Å². The monoisotopic (exact) mass is 280 g/mol. The summed E-state index contributed by atoms with van der Waals surface area (Å²) in [6.45, 7) is 9.24.